The van der Waals surface area contributed by atoms with E-state index in [4.69, 9.17) is 4.74 Å². The van der Waals surface area contributed by atoms with E-state index in [2.05, 4.69) is 43.6 Å². The highest BCUT2D eigenvalue weighted by Gasteiger charge is 2.58. The molecule has 20 heavy (non-hydrogen) atoms. The summed E-state index contributed by atoms with van der Waals surface area (Å²) < 4.78 is 5.93. The van der Waals surface area contributed by atoms with Gasteiger partial charge in [0, 0.05) is 34.9 Å². The van der Waals surface area contributed by atoms with Crippen LogP contribution in [-0.4, -0.2) is 25.3 Å². The lowest BCUT2D eigenvalue weighted by atomic mass is 9.51. The van der Waals surface area contributed by atoms with E-state index in [-0.39, 0.29) is 5.41 Å². The molecule has 2 atom stereocenters. The average molecular weight is 293 g/mol. The predicted octanol–water partition coefficient (Wildman–Crippen LogP) is 3.96. The van der Waals surface area contributed by atoms with Crippen LogP contribution < -0.4 is 5.32 Å². The second kappa shape index (κ2) is 5.43. The van der Waals surface area contributed by atoms with Crippen LogP contribution in [0.15, 0.2) is 17.5 Å². The van der Waals surface area contributed by atoms with Crippen LogP contribution in [0.3, 0.4) is 0 Å². The first-order valence-electron chi connectivity index (χ1n) is 7.97. The molecule has 1 spiro atoms. The van der Waals surface area contributed by atoms with E-state index in [1.807, 2.05) is 11.3 Å². The lowest BCUT2D eigenvalue weighted by Crippen LogP contribution is -2.67. The number of hydrogen-bond acceptors (Lipinski definition) is 3. The molecule has 2 unspecified atom stereocenters. The van der Waals surface area contributed by atoms with Gasteiger partial charge in [0.25, 0.3) is 0 Å². The first-order chi connectivity index (χ1) is 9.58. The molecule has 3 heteroatoms. The molecule has 112 valence electrons. The van der Waals surface area contributed by atoms with Crippen LogP contribution in [0.1, 0.15) is 51.3 Å². The first kappa shape index (κ1) is 14.6. The molecule has 1 aromatic heterocycles. The van der Waals surface area contributed by atoms with Crippen molar-refractivity contribution in [2.24, 2.45) is 5.41 Å². The molecule has 0 bridgehead atoms. The van der Waals surface area contributed by atoms with Gasteiger partial charge in [-0.05, 0) is 37.6 Å². The van der Waals surface area contributed by atoms with Crippen molar-refractivity contribution in [2.75, 3.05) is 13.2 Å². The van der Waals surface area contributed by atoms with Gasteiger partial charge in [0.05, 0.1) is 6.10 Å². The molecule has 1 N–H and O–H groups in total. The van der Waals surface area contributed by atoms with E-state index in [9.17, 15) is 0 Å². The van der Waals surface area contributed by atoms with Crippen molar-refractivity contribution in [3.63, 3.8) is 0 Å². The standard InChI is InChI=1S/C17H27NOS/c1-4-19-14-11-13(17(14)8-6-9-17)18-12-16(2,3)15-7-5-10-20-15/h5,7,10,13-14,18H,4,6,8-9,11-12H2,1-3H3. The quantitative estimate of drug-likeness (QED) is 0.857. The summed E-state index contributed by atoms with van der Waals surface area (Å²) in [5, 5.41) is 6.04. The van der Waals surface area contributed by atoms with Crippen LogP contribution in [-0.2, 0) is 10.2 Å². The fourth-order valence-corrected chi connectivity index (χ4v) is 4.71. The van der Waals surface area contributed by atoms with Gasteiger partial charge in [0.15, 0.2) is 0 Å². The van der Waals surface area contributed by atoms with Gasteiger partial charge in [-0.3, -0.25) is 0 Å². The topological polar surface area (TPSA) is 21.3 Å². The van der Waals surface area contributed by atoms with E-state index in [0.29, 0.717) is 17.6 Å². The summed E-state index contributed by atoms with van der Waals surface area (Å²) in [5.41, 5.74) is 0.706. The molecule has 2 aliphatic rings. The maximum Gasteiger partial charge on any atom is 0.0661 e. The van der Waals surface area contributed by atoms with Gasteiger partial charge >= 0.3 is 0 Å². The van der Waals surface area contributed by atoms with Crippen LogP contribution in [0.25, 0.3) is 0 Å². The fraction of sp³-hybridized carbons (Fsp3) is 0.765. The van der Waals surface area contributed by atoms with Crippen molar-refractivity contribution in [1.29, 1.82) is 0 Å². The Bertz CT molecular complexity index is 436. The van der Waals surface area contributed by atoms with Gasteiger partial charge < -0.3 is 10.1 Å². The molecule has 3 rings (SSSR count). The SMILES string of the molecule is CCOC1CC(NCC(C)(C)c2cccs2)C12CCC2. The molecule has 2 aliphatic carbocycles. The van der Waals surface area contributed by atoms with E-state index in [1.165, 1.54) is 30.6 Å². The fourth-order valence-electron chi connectivity index (χ4n) is 3.85. The summed E-state index contributed by atoms with van der Waals surface area (Å²) in [6.45, 7) is 8.74. The number of thiophene rings is 1. The van der Waals surface area contributed by atoms with Crippen molar-refractivity contribution in [3.8, 4) is 0 Å². The van der Waals surface area contributed by atoms with Gasteiger partial charge in [0.1, 0.15) is 0 Å². The molecule has 1 aromatic rings. The van der Waals surface area contributed by atoms with Crippen LogP contribution >= 0.6 is 11.3 Å². The highest BCUT2D eigenvalue weighted by Crippen LogP contribution is 2.57. The van der Waals surface area contributed by atoms with Crippen molar-refractivity contribution in [3.05, 3.63) is 22.4 Å². The van der Waals surface area contributed by atoms with Gasteiger partial charge in [-0.2, -0.15) is 0 Å². The summed E-state index contributed by atoms with van der Waals surface area (Å²) in [4.78, 5) is 1.48. The second-order valence-corrected chi connectivity index (χ2v) is 8.01. The van der Waals surface area contributed by atoms with E-state index in [0.717, 1.165) is 13.2 Å². The van der Waals surface area contributed by atoms with E-state index in [1.54, 1.807) is 0 Å². The minimum Gasteiger partial charge on any atom is -0.378 e. The molecule has 2 fully saturated rings. The van der Waals surface area contributed by atoms with Crippen LogP contribution in [0.5, 0.6) is 0 Å². The van der Waals surface area contributed by atoms with Crippen molar-refractivity contribution >= 4 is 11.3 Å². The number of hydrogen-bond donors (Lipinski definition) is 1. The Hall–Kier alpha value is -0.380. The summed E-state index contributed by atoms with van der Waals surface area (Å²) in [7, 11) is 0. The predicted molar refractivity (Wildman–Crippen MR) is 85.5 cm³/mol. The minimum atomic E-state index is 0.232. The van der Waals surface area contributed by atoms with Crippen molar-refractivity contribution in [2.45, 2.75) is 64.0 Å². The molecular formula is C17H27NOS. The molecular weight excluding hydrogens is 266 g/mol. The lowest BCUT2D eigenvalue weighted by molar-refractivity contribution is -0.173. The highest BCUT2D eigenvalue weighted by molar-refractivity contribution is 7.10. The third-order valence-corrected chi connectivity index (χ3v) is 6.65. The smallest absolute Gasteiger partial charge is 0.0661 e. The van der Waals surface area contributed by atoms with Gasteiger partial charge in [-0.25, -0.2) is 0 Å². The normalized spacial score (nSPS) is 28.1. The Kier molecular flexibility index (Phi) is 3.95. The van der Waals surface area contributed by atoms with Crippen molar-refractivity contribution < 1.29 is 4.74 Å². The van der Waals surface area contributed by atoms with Crippen LogP contribution in [0.2, 0.25) is 0 Å². The monoisotopic (exact) mass is 293 g/mol. The van der Waals surface area contributed by atoms with Gasteiger partial charge in [-0.15, -0.1) is 11.3 Å². The molecule has 0 amide bonds. The highest BCUT2D eigenvalue weighted by atomic mass is 32.1. The molecule has 0 radical (unpaired) electrons. The van der Waals surface area contributed by atoms with E-state index >= 15 is 0 Å². The Labute approximate surface area is 126 Å². The largest absolute Gasteiger partial charge is 0.378 e. The molecule has 0 aliphatic heterocycles. The molecule has 1 heterocycles. The van der Waals surface area contributed by atoms with Crippen LogP contribution in [0, 0.1) is 5.41 Å². The molecule has 2 nitrogen and oxygen atoms in total. The Morgan fingerprint density at radius 3 is 2.80 bits per heavy atom. The van der Waals surface area contributed by atoms with E-state index < -0.39 is 0 Å². The zero-order chi connectivity index (χ0) is 14.2. The first-order valence-corrected chi connectivity index (χ1v) is 8.85. The number of nitrogens with one attached hydrogen (secondary N) is 1. The Morgan fingerprint density at radius 2 is 2.25 bits per heavy atom. The molecule has 2 saturated carbocycles. The zero-order valence-corrected chi connectivity index (χ0v) is 13.8. The van der Waals surface area contributed by atoms with Crippen LogP contribution in [0.4, 0.5) is 0 Å². The second-order valence-electron chi connectivity index (χ2n) is 7.06. The third-order valence-electron chi connectivity index (χ3n) is 5.42. The Morgan fingerprint density at radius 1 is 1.45 bits per heavy atom. The lowest BCUT2D eigenvalue weighted by Gasteiger charge is -2.61. The summed E-state index contributed by atoms with van der Waals surface area (Å²) in [5.74, 6) is 0. The number of rotatable bonds is 6. The van der Waals surface area contributed by atoms with Gasteiger partial charge in [-0.1, -0.05) is 26.3 Å². The summed E-state index contributed by atoms with van der Waals surface area (Å²) in [6.07, 6.45) is 5.82. The summed E-state index contributed by atoms with van der Waals surface area (Å²) in [6, 6.07) is 5.09. The maximum absolute atomic E-state index is 5.93. The number of ether oxygens (including phenoxy) is 1. The molecule has 0 aromatic carbocycles. The minimum absolute atomic E-state index is 0.232. The third kappa shape index (κ3) is 2.34. The average Bonchev–Trinajstić information content (AvgIpc) is 2.85. The maximum atomic E-state index is 5.93. The van der Waals surface area contributed by atoms with Crippen molar-refractivity contribution in [1.82, 2.24) is 5.32 Å². The summed E-state index contributed by atoms with van der Waals surface area (Å²) >= 11 is 1.87. The molecule has 0 saturated heterocycles. The zero-order valence-electron chi connectivity index (χ0n) is 12.9. The van der Waals surface area contributed by atoms with Gasteiger partial charge in [0.2, 0.25) is 0 Å². The Balaban J connectivity index is 1.57.